The Morgan fingerprint density at radius 3 is 2.86 bits per heavy atom. The van der Waals surface area contributed by atoms with Crippen molar-refractivity contribution in [3.63, 3.8) is 0 Å². The van der Waals surface area contributed by atoms with Crippen molar-refractivity contribution in [2.24, 2.45) is 0 Å². The van der Waals surface area contributed by atoms with E-state index in [4.69, 9.17) is 40.2 Å². The van der Waals surface area contributed by atoms with Crippen LogP contribution in [0.3, 0.4) is 0 Å². The molecule has 10 heteroatoms. The van der Waals surface area contributed by atoms with Crippen LogP contribution < -0.4 is 10.6 Å². The van der Waals surface area contributed by atoms with Gasteiger partial charge in [-0.2, -0.15) is 5.10 Å². The molecule has 0 bridgehead atoms. The number of halogens is 2. The molecule has 148 valence electrons. The molecule has 0 radical (unpaired) electrons. The zero-order valence-electron chi connectivity index (χ0n) is 15.2. The standard InChI is InChI=1S/C18H18Cl2N4O2S2/c1-10-13(19)9-24(23-10)7-3-6-21-18(27)22-11-4-5-12-14(8-11)28-16(15(12)20)17(25)26-2/h4-5,8-9H,3,6-7H2,1-2H3,(H2,21,22,27). The normalized spacial score (nSPS) is 10.9. The van der Waals surface area contributed by atoms with Gasteiger partial charge in [0.25, 0.3) is 0 Å². The van der Waals surface area contributed by atoms with Gasteiger partial charge in [-0.15, -0.1) is 11.3 Å². The maximum Gasteiger partial charge on any atom is 0.349 e. The Labute approximate surface area is 181 Å². The van der Waals surface area contributed by atoms with Crippen molar-refractivity contribution in [1.82, 2.24) is 15.1 Å². The van der Waals surface area contributed by atoms with Gasteiger partial charge in [0.05, 0.1) is 22.8 Å². The number of thiophene rings is 1. The van der Waals surface area contributed by atoms with Gasteiger partial charge in [-0.1, -0.05) is 23.2 Å². The number of nitrogens with one attached hydrogen (secondary N) is 2. The first kappa shape index (κ1) is 20.9. The number of hydrogen-bond acceptors (Lipinski definition) is 5. The summed E-state index contributed by atoms with van der Waals surface area (Å²) in [6.45, 7) is 3.32. The van der Waals surface area contributed by atoms with Gasteiger partial charge in [0, 0.05) is 35.1 Å². The number of anilines is 1. The van der Waals surface area contributed by atoms with Crippen molar-refractivity contribution in [3.05, 3.63) is 45.0 Å². The second-order valence-electron chi connectivity index (χ2n) is 6.01. The summed E-state index contributed by atoms with van der Waals surface area (Å²) in [5.41, 5.74) is 1.64. The highest BCUT2D eigenvalue weighted by atomic mass is 35.5. The Balaban J connectivity index is 1.54. The van der Waals surface area contributed by atoms with Gasteiger partial charge in [-0.3, -0.25) is 4.68 Å². The SMILES string of the molecule is COC(=O)c1sc2cc(NC(=S)NCCCn3cc(Cl)c(C)n3)ccc2c1Cl. The summed E-state index contributed by atoms with van der Waals surface area (Å²) < 4.78 is 7.46. The van der Waals surface area contributed by atoms with Gasteiger partial charge < -0.3 is 15.4 Å². The molecule has 0 aliphatic heterocycles. The van der Waals surface area contributed by atoms with Crippen LogP contribution in [0.15, 0.2) is 24.4 Å². The number of thiocarbonyl (C=S) groups is 1. The minimum Gasteiger partial charge on any atom is -0.465 e. The molecule has 0 spiro atoms. The molecule has 0 aliphatic rings. The fourth-order valence-corrected chi connectivity index (χ4v) is 4.43. The number of hydrogen-bond donors (Lipinski definition) is 2. The number of carbonyl (C=O) groups is 1. The van der Waals surface area contributed by atoms with E-state index in [0.717, 1.165) is 34.4 Å². The Bertz CT molecular complexity index is 1010. The maximum atomic E-state index is 11.8. The number of ether oxygens (including phenoxy) is 1. The third-order valence-corrected chi connectivity index (χ3v) is 6.25. The van der Waals surface area contributed by atoms with Crippen LogP contribution in [0.2, 0.25) is 10.0 Å². The van der Waals surface area contributed by atoms with E-state index >= 15 is 0 Å². The van der Waals surface area contributed by atoms with Gasteiger partial charge in [0.15, 0.2) is 5.11 Å². The highest BCUT2D eigenvalue weighted by Crippen LogP contribution is 2.37. The Morgan fingerprint density at radius 2 is 2.18 bits per heavy atom. The fourth-order valence-electron chi connectivity index (χ4n) is 2.59. The van der Waals surface area contributed by atoms with E-state index in [2.05, 4.69) is 15.7 Å². The first-order valence-electron chi connectivity index (χ1n) is 8.44. The molecule has 0 saturated carbocycles. The largest absolute Gasteiger partial charge is 0.465 e. The molecule has 0 unspecified atom stereocenters. The summed E-state index contributed by atoms with van der Waals surface area (Å²) in [6, 6.07) is 5.63. The van der Waals surface area contributed by atoms with Crippen LogP contribution in [0.5, 0.6) is 0 Å². The number of aryl methyl sites for hydroxylation is 2. The number of rotatable bonds is 6. The number of esters is 1. The summed E-state index contributed by atoms with van der Waals surface area (Å²) in [5.74, 6) is -0.438. The number of aromatic nitrogens is 2. The predicted octanol–water partition coefficient (Wildman–Crippen LogP) is 4.88. The Kier molecular flexibility index (Phi) is 6.77. The van der Waals surface area contributed by atoms with E-state index in [9.17, 15) is 4.79 Å². The molecule has 2 heterocycles. The minimum atomic E-state index is -0.438. The molecule has 0 amide bonds. The van der Waals surface area contributed by atoms with Gasteiger partial charge in [0.2, 0.25) is 0 Å². The molecule has 28 heavy (non-hydrogen) atoms. The molecule has 0 fully saturated rings. The zero-order chi connectivity index (χ0) is 20.3. The average molecular weight is 457 g/mol. The number of carbonyl (C=O) groups excluding carboxylic acids is 1. The molecule has 3 rings (SSSR count). The monoisotopic (exact) mass is 456 g/mol. The van der Waals surface area contributed by atoms with Crippen LogP contribution in [0.4, 0.5) is 5.69 Å². The van der Waals surface area contributed by atoms with Crippen molar-refractivity contribution in [2.75, 3.05) is 19.0 Å². The summed E-state index contributed by atoms with van der Waals surface area (Å²) in [6.07, 6.45) is 2.67. The van der Waals surface area contributed by atoms with Crippen LogP contribution in [0.25, 0.3) is 10.1 Å². The second kappa shape index (κ2) is 9.09. The molecular formula is C18H18Cl2N4O2S2. The van der Waals surface area contributed by atoms with Crippen molar-refractivity contribution in [1.29, 1.82) is 0 Å². The van der Waals surface area contributed by atoms with Crippen molar-refractivity contribution < 1.29 is 9.53 Å². The maximum absolute atomic E-state index is 11.8. The van der Waals surface area contributed by atoms with E-state index in [0.29, 0.717) is 26.6 Å². The van der Waals surface area contributed by atoms with Crippen LogP contribution in [0.1, 0.15) is 21.8 Å². The number of fused-ring (bicyclic) bond motifs is 1. The summed E-state index contributed by atoms with van der Waals surface area (Å²) in [7, 11) is 1.34. The average Bonchev–Trinajstić information content (AvgIpc) is 3.17. The number of nitrogens with zero attached hydrogens (tertiary/aromatic N) is 2. The summed E-state index contributed by atoms with van der Waals surface area (Å²) in [5, 5.41) is 13.0. The smallest absolute Gasteiger partial charge is 0.349 e. The van der Waals surface area contributed by atoms with E-state index in [1.54, 1.807) is 0 Å². The minimum absolute atomic E-state index is 0.394. The van der Waals surface area contributed by atoms with Crippen molar-refractivity contribution >= 4 is 73.6 Å². The second-order valence-corrected chi connectivity index (χ2v) is 8.25. The van der Waals surface area contributed by atoms with Crippen molar-refractivity contribution in [2.45, 2.75) is 19.9 Å². The lowest BCUT2D eigenvalue weighted by molar-refractivity contribution is 0.0606. The summed E-state index contributed by atoms with van der Waals surface area (Å²) >= 11 is 18.9. The molecule has 3 aromatic rings. The lowest BCUT2D eigenvalue weighted by atomic mass is 10.2. The highest BCUT2D eigenvalue weighted by molar-refractivity contribution is 7.80. The van der Waals surface area contributed by atoms with Gasteiger partial charge >= 0.3 is 5.97 Å². The van der Waals surface area contributed by atoms with Gasteiger partial charge in [-0.05, 0) is 43.8 Å². The third-order valence-electron chi connectivity index (χ3n) is 3.99. The molecule has 0 aliphatic carbocycles. The van der Waals surface area contributed by atoms with E-state index in [1.807, 2.05) is 36.0 Å². The van der Waals surface area contributed by atoms with Gasteiger partial charge in [0.1, 0.15) is 4.88 Å². The Morgan fingerprint density at radius 1 is 1.39 bits per heavy atom. The van der Waals surface area contributed by atoms with Crippen LogP contribution in [-0.2, 0) is 11.3 Å². The molecular weight excluding hydrogens is 439 g/mol. The van der Waals surface area contributed by atoms with Crippen LogP contribution in [-0.4, -0.2) is 34.5 Å². The Hall–Kier alpha value is -1.87. The molecule has 2 aromatic heterocycles. The first-order valence-corrected chi connectivity index (χ1v) is 10.4. The van der Waals surface area contributed by atoms with E-state index in [-0.39, 0.29) is 0 Å². The molecule has 2 N–H and O–H groups in total. The molecule has 0 saturated heterocycles. The highest BCUT2D eigenvalue weighted by Gasteiger charge is 2.17. The number of benzene rings is 1. The lowest BCUT2D eigenvalue weighted by Gasteiger charge is -2.10. The third kappa shape index (κ3) is 4.75. The predicted molar refractivity (Wildman–Crippen MR) is 119 cm³/mol. The number of methoxy groups -OCH3 is 1. The quantitative estimate of drug-likeness (QED) is 0.313. The summed E-state index contributed by atoms with van der Waals surface area (Å²) in [4.78, 5) is 12.2. The van der Waals surface area contributed by atoms with E-state index in [1.165, 1.54) is 18.4 Å². The topological polar surface area (TPSA) is 68.2 Å². The fraction of sp³-hybridized carbons (Fsp3) is 0.278. The van der Waals surface area contributed by atoms with Crippen LogP contribution >= 0.6 is 46.8 Å². The first-order chi connectivity index (χ1) is 13.4. The molecule has 1 aromatic carbocycles. The van der Waals surface area contributed by atoms with Gasteiger partial charge in [-0.25, -0.2) is 4.79 Å². The zero-order valence-corrected chi connectivity index (χ0v) is 18.4. The lowest BCUT2D eigenvalue weighted by Crippen LogP contribution is -2.29. The van der Waals surface area contributed by atoms with E-state index < -0.39 is 5.97 Å². The van der Waals surface area contributed by atoms with Crippen molar-refractivity contribution in [3.8, 4) is 0 Å². The molecule has 6 nitrogen and oxygen atoms in total. The molecule has 0 atom stereocenters. The van der Waals surface area contributed by atoms with Crippen LogP contribution in [0, 0.1) is 6.92 Å².